The molecule has 1 aromatic carbocycles. The van der Waals surface area contributed by atoms with Crippen molar-refractivity contribution in [2.75, 3.05) is 0 Å². The molecule has 0 nitrogen and oxygen atoms in total. The van der Waals surface area contributed by atoms with Crippen molar-refractivity contribution >= 4 is 24.8 Å². The lowest BCUT2D eigenvalue weighted by atomic mass is 9.88. The summed E-state index contributed by atoms with van der Waals surface area (Å²) in [4.78, 5) is -1.37. The number of hydrogen-bond donors (Lipinski definition) is 1. The Hall–Kier alpha value is -1.01. The van der Waals surface area contributed by atoms with E-state index in [-0.39, 0.29) is 0 Å². The van der Waals surface area contributed by atoms with Crippen LogP contribution in [-0.4, -0.2) is 41.7 Å². The van der Waals surface area contributed by atoms with Crippen molar-refractivity contribution in [3.05, 3.63) is 10.1 Å². The lowest BCUT2D eigenvalue weighted by molar-refractivity contribution is -0.462. The Labute approximate surface area is 163 Å². The molecule has 0 aliphatic heterocycles. The number of halogens is 17. The number of alkyl halides is 17. The predicted molar refractivity (Wildman–Crippen MR) is 66.5 cm³/mol. The molecule has 0 spiro atoms. The van der Waals surface area contributed by atoms with E-state index in [1.54, 1.807) is 0 Å². The second kappa shape index (κ2) is 6.50. The van der Waals surface area contributed by atoms with Crippen LogP contribution in [-0.2, 0) is 5.92 Å². The first-order chi connectivity index (χ1) is 12.7. The Morgan fingerprint density at radius 1 is 0.467 bits per heavy atom. The van der Waals surface area contributed by atoms with Crippen LogP contribution in [0.4, 0.5) is 74.6 Å². The fourth-order valence-electron chi connectivity index (χ4n) is 1.77. The molecule has 0 aromatic heterocycles. The van der Waals surface area contributed by atoms with Crippen molar-refractivity contribution in [1.29, 1.82) is 0 Å². The molecule has 0 atom stereocenters. The van der Waals surface area contributed by atoms with Crippen LogP contribution < -0.4 is 0 Å². The van der Waals surface area contributed by atoms with Gasteiger partial charge >= 0.3 is 47.6 Å². The van der Waals surface area contributed by atoms with E-state index in [0.717, 1.165) is 0 Å². The Balaban J connectivity index is 3.67. The van der Waals surface area contributed by atoms with Crippen LogP contribution in [0.3, 0.4) is 0 Å². The summed E-state index contributed by atoms with van der Waals surface area (Å²) in [6.45, 7) is 0. The van der Waals surface area contributed by atoms with Gasteiger partial charge in [0.15, 0.2) is 0 Å². The van der Waals surface area contributed by atoms with E-state index in [2.05, 4.69) is 24.8 Å². The Morgan fingerprint density at radius 2 is 0.700 bits per heavy atom. The van der Waals surface area contributed by atoms with E-state index in [1.807, 2.05) is 0 Å². The van der Waals surface area contributed by atoms with E-state index >= 15 is 0 Å². The highest BCUT2D eigenvalue weighted by Gasteiger charge is 2.95. The molecule has 0 unspecified atom stereocenters. The van der Waals surface area contributed by atoms with Crippen LogP contribution in [0.1, 0.15) is 5.56 Å². The topological polar surface area (TPSA) is 0 Å². The third-order valence-electron chi connectivity index (χ3n) is 3.65. The Morgan fingerprint density at radius 3 is 0.933 bits per heavy atom. The summed E-state index contributed by atoms with van der Waals surface area (Å²) in [6, 6.07) is 0. The molecule has 0 bridgehead atoms. The minimum absolute atomic E-state index is 1.37. The summed E-state index contributed by atoms with van der Waals surface area (Å²) >= 11 is 6.79. The molecule has 1 aromatic rings. The zero-order valence-electron chi connectivity index (χ0n) is 12.8. The Bertz CT molecular complexity index is 822. The second-order valence-corrected chi connectivity index (χ2v) is 6.43. The van der Waals surface area contributed by atoms with Crippen molar-refractivity contribution < 1.29 is 74.6 Å². The third kappa shape index (κ3) is 3.00. The molecule has 0 N–H and O–H groups in total. The van der Waals surface area contributed by atoms with Crippen LogP contribution in [0.15, 0.2) is 4.90 Å². The molecule has 19 heteroatoms. The zero-order valence-corrected chi connectivity index (χ0v) is 14.5. The molecule has 0 fully saturated rings. The Kier molecular flexibility index (Phi) is 5.86. The highest BCUT2D eigenvalue weighted by Crippen LogP contribution is 2.66. The van der Waals surface area contributed by atoms with Crippen LogP contribution in [0.5, 0.6) is 0 Å². The highest BCUT2D eigenvalue weighted by atomic mass is 32.1. The van der Waals surface area contributed by atoms with Gasteiger partial charge < -0.3 is 0 Å². The summed E-state index contributed by atoms with van der Waals surface area (Å²) < 4.78 is 219. The van der Waals surface area contributed by atoms with Gasteiger partial charge in [0.25, 0.3) is 0 Å². The smallest absolute Gasteiger partial charge is 0.194 e. The first-order valence-electron chi connectivity index (χ1n) is 6.39. The molecule has 30 heavy (non-hydrogen) atoms. The minimum Gasteiger partial charge on any atom is -0.194 e. The number of rotatable bonds is 7. The summed E-state index contributed by atoms with van der Waals surface area (Å²) in [7, 11) is 0. The van der Waals surface area contributed by atoms with E-state index in [4.69, 9.17) is 0 Å². The van der Waals surface area contributed by atoms with Gasteiger partial charge in [0.2, 0.25) is 0 Å². The number of hydrogen-bond acceptors (Lipinski definition) is 2. The van der Waals surface area contributed by atoms with Crippen molar-refractivity contribution in [2.24, 2.45) is 0 Å². The summed E-state index contributed by atoms with van der Waals surface area (Å²) in [5.74, 6) is -56.6. The van der Waals surface area contributed by atoms with E-state index in [0.29, 0.717) is 0 Å². The van der Waals surface area contributed by atoms with E-state index < -0.39 is 62.6 Å². The normalized spacial score (nSPS) is 16.5. The van der Waals surface area contributed by atoms with Gasteiger partial charge in [-0.05, 0) is 0 Å². The fourth-order valence-corrected chi connectivity index (χ4v) is 2.44. The summed E-state index contributed by atoms with van der Waals surface area (Å²) in [6.07, 6.45) is -7.77. The second-order valence-electron chi connectivity index (χ2n) is 5.57. The SMILES string of the molecule is FC(F)(F)C(F)(F)C(F)(F)C(F)(F)C(F)(F)C(F)(F)C(F)(F)C(F)(F)c1c(S)c1=S. The molecule has 176 valence electrons. The maximum Gasteiger partial charge on any atom is 0.460 e. The quantitative estimate of drug-likeness (QED) is 0.229. The molecule has 0 aliphatic carbocycles. The molecule has 0 saturated heterocycles. The van der Waals surface area contributed by atoms with Crippen molar-refractivity contribution in [3.63, 3.8) is 0 Å². The van der Waals surface area contributed by atoms with Gasteiger partial charge in [-0.15, -0.1) is 12.6 Å². The van der Waals surface area contributed by atoms with Gasteiger partial charge in [-0.1, -0.05) is 12.2 Å². The van der Waals surface area contributed by atoms with Gasteiger partial charge in [-0.2, -0.15) is 74.6 Å². The largest absolute Gasteiger partial charge is 0.460 e. The molecular formula is C11HF17S2. The lowest BCUT2D eigenvalue weighted by Gasteiger charge is -2.42. The zero-order chi connectivity index (χ0) is 24.7. The molecular weight excluding hydrogens is 519 g/mol. The van der Waals surface area contributed by atoms with Gasteiger partial charge in [0, 0.05) is 4.90 Å². The minimum atomic E-state index is -8.63. The van der Waals surface area contributed by atoms with E-state index in [1.165, 1.54) is 0 Å². The molecule has 0 amide bonds. The predicted octanol–water partition coefficient (Wildman–Crippen LogP) is 7.05. The average molecular weight is 520 g/mol. The van der Waals surface area contributed by atoms with Crippen LogP contribution in [0, 0.1) is 4.51 Å². The first-order valence-corrected chi connectivity index (χ1v) is 7.25. The van der Waals surface area contributed by atoms with Crippen LogP contribution in [0.2, 0.25) is 0 Å². The van der Waals surface area contributed by atoms with Crippen molar-refractivity contribution in [2.45, 2.75) is 52.5 Å². The standard InChI is InChI=1S/C11HF17S2/c12-4(13,1-2(29)3(1)30)5(14,15)6(16,17)7(18,19)8(20,21)9(22,23)10(24,25)11(26,27)28/h29H. The van der Waals surface area contributed by atoms with Gasteiger partial charge in [0.05, 0.1) is 10.1 Å². The molecule has 0 aliphatic rings. The van der Waals surface area contributed by atoms with Crippen LogP contribution in [0.25, 0.3) is 0 Å². The fraction of sp³-hybridized carbons (Fsp3) is 0.727. The maximum atomic E-state index is 13.5. The third-order valence-corrected chi connectivity index (χ3v) is 4.66. The number of thiol groups is 1. The summed E-state index contributed by atoms with van der Waals surface area (Å²) in [5, 5.41) is 0. The van der Waals surface area contributed by atoms with Gasteiger partial charge in [-0.3, -0.25) is 0 Å². The molecule has 0 heterocycles. The molecule has 0 saturated carbocycles. The van der Waals surface area contributed by atoms with Gasteiger partial charge in [0.1, 0.15) is 0 Å². The van der Waals surface area contributed by atoms with Crippen molar-refractivity contribution in [3.8, 4) is 0 Å². The highest BCUT2D eigenvalue weighted by molar-refractivity contribution is 7.81. The van der Waals surface area contributed by atoms with Crippen molar-refractivity contribution in [1.82, 2.24) is 0 Å². The van der Waals surface area contributed by atoms with Gasteiger partial charge in [-0.25, -0.2) is 0 Å². The first kappa shape index (κ1) is 27.0. The molecule has 0 radical (unpaired) electrons. The lowest BCUT2D eigenvalue weighted by Crippen LogP contribution is -2.74. The monoisotopic (exact) mass is 520 g/mol. The maximum absolute atomic E-state index is 13.5. The average Bonchev–Trinajstić information content (AvgIpc) is 3.12. The van der Waals surface area contributed by atoms with Crippen LogP contribution >= 0.6 is 24.8 Å². The van der Waals surface area contributed by atoms with E-state index in [9.17, 15) is 74.6 Å². The molecule has 1 rings (SSSR count). The summed E-state index contributed by atoms with van der Waals surface area (Å²) in [5.41, 5.74) is -2.36.